The van der Waals surface area contributed by atoms with Crippen LogP contribution >= 0.6 is 0 Å². The standard InChI is InChI=1S/C27H22F3N3/c1-2-3-4-18-15-32-27(33-16-18)21-9-10-22-20(13-21)8-7-19(26(22)30)6-5-17-11-24(28)23(14-31)25(29)12-17/h7-13,15-16H,2-6H2,1H3. The lowest BCUT2D eigenvalue weighted by atomic mass is 9.98. The Kier molecular flexibility index (Phi) is 6.69. The number of unbranched alkanes of at least 4 members (excludes halogenated alkanes) is 1. The largest absolute Gasteiger partial charge is 0.236 e. The highest BCUT2D eigenvalue weighted by Crippen LogP contribution is 2.27. The van der Waals surface area contributed by atoms with Gasteiger partial charge in [0.1, 0.15) is 29.1 Å². The van der Waals surface area contributed by atoms with Gasteiger partial charge in [-0.1, -0.05) is 37.6 Å². The summed E-state index contributed by atoms with van der Waals surface area (Å²) >= 11 is 0. The Labute approximate surface area is 190 Å². The van der Waals surface area contributed by atoms with Crippen LogP contribution in [-0.4, -0.2) is 9.97 Å². The second-order valence-electron chi connectivity index (χ2n) is 8.04. The number of fused-ring (bicyclic) bond motifs is 1. The molecule has 0 saturated heterocycles. The molecule has 0 aliphatic carbocycles. The highest BCUT2D eigenvalue weighted by Gasteiger charge is 2.13. The van der Waals surface area contributed by atoms with Gasteiger partial charge in [-0.15, -0.1) is 0 Å². The van der Waals surface area contributed by atoms with Gasteiger partial charge in [0.15, 0.2) is 5.82 Å². The highest BCUT2D eigenvalue weighted by atomic mass is 19.1. The van der Waals surface area contributed by atoms with Crippen molar-refractivity contribution in [3.8, 4) is 17.5 Å². The smallest absolute Gasteiger partial charge is 0.159 e. The molecule has 1 heterocycles. The molecule has 0 unspecified atom stereocenters. The van der Waals surface area contributed by atoms with Crippen molar-refractivity contribution in [3.63, 3.8) is 0 Å². The first kappa shape index (κ1) is 22.5. The molecule has 0 aliphatic heterocycles. The van der Waals surface area contributed by atoms with Crippen LogP contribution in [-0.2, 0) is 19.3 Å². The van der Waals surface area contributed by atoms with Gasteiger partial charge in [-0.25, -0.2) is 23.1 Å². The molecule has 0 N–H and O–H groups in total. The minimum atomic E-state index is -0.903. The first-order valence-electron chi connectivity index (χ1n) is 10.9. The Morgan fingerprint density at radius 3 is 2.24 bits per heavy atom. The molecule has 0 atom stereocenters. The van der Waals surface area contributed by atoms with E-state index in [1.54, 1.807) is 18.2 Å². The third kappa shape index (κ3) is 4.88. The molecule has 0 spiro atoms. The maximum atomic E-state index is 15.1. The normalized spacial score (nSPS) is 11.0. The topological polar surface area (TPSA) is 49.6 Å². The molecule has 33 heavy (non-hydrogen) atoms. The summed E-state index contributed by atoms with van der Waals surface area (Å²) in [6.07, 6.45) is 7.34. The van der Waals surface area contributed by atoms with Gasteiger partial charge in [0.25, 0.3) is 0 Å². The second-order valence-corrected chi connectivity index (χ2v) is 8.04. The molecular weight excluding hydrogens is 423 g/mol. The lowest BCUT2D eigenvalue weighted by Gasteiger charge is -2.09. The summed E-state index contributed by atoms with van der Waals surface area (Å²) in [4.78, 5) is 8.90. The van der Waals surface area contributed by atoms with Gasteiger partial charge in [-0.2, -0.15) is 5.26 Å². The van der Waals surface area contributed by atoms with E-state index in [0.29, 0.717) is 22.3 Å². The van der Waals surface area contributed by atoms with Gasteiger partial charge in [-0.05, 0) is 66.0 Å². The quantitative estimate of drug-likeness (QED) is 0.318. The van der Waals surface area contributed by atoms with E-state index >= 15 is 4.39 Å². The molecule has 0 fully saturated rings. The van der Waals surface area contributed by atoms with E-state index in [2.05, 4.69) is 16.9 Å². The fourth-order valence-corrected chi connectivity index (χ4v) is 3.84. The van der Waals surface area contributed by atoms with E-state index in [0.717, 1.165) is 47.9 Å². The molecule has 166 valence electrons. The van der Waals surface area contributed by atoms with Crippen LogP contribution in [0.3, 0.4) is 0 Å². The molecule has 0 aliphatic rings. The number of nitrogens with zero attached hydrogens (tertiary/aromatic N) is 3. The molecule has 4 rings (SSSR count). The Morgan fingerprint density at radius 2 is 1.58 bits per heavy atom. The zero-order valence-electron chi connectivity index (χ0n) is 18.2. The van der Waals surface area contributed by atoms with E-state index in [4.69, 9.17) is 5.26 Å². The molecule has 0 bridgehead atoms. The Hall–Kier alpha value is -3.72. The SMILES string of the molecule is CCCCc1cnc(-c2ccc3c(F)c(CCc4cc(F)c(C#N)c(F)c4)ccc3c2)nc1. The minimum absolute atomic E-state index is 0.248. The van der Waals surface area contributed by atoms with Crippen LogP contribution in [0.4, 0.5) is 13.2 Å². The van der Waals surface area contributed by atoms with Crippen molar-refractivity contribution in [2.75, 3.05) is 0 Å². The number of rotatable bonds is 7. The third-order valence-corrected chi connectivity index (χ3v) is 5.71. The summed E-state index contributed by atoms with van der Waals surface area (Å²) in [6, 6.07) is 12.6. The predicted octanol–water partition coefficient (Wildman–Crippen LogP) is 6.71. The average molecular weight is 445 g/mol. The lowest BCUT2D eigenvalue weighted by molar-refractivity contribution is 0.572. The van der Waals surface area contributed by atoms with Crippen LogP contribution in [0, 0.1) is 28.8 Å². The van der Waals surface area contributed by atoms with E-state index < -0.39 is 17.2 Å². The lowest BCUT2D eigenvalue weighted by Crippen LogP contribution is -1.99. The fourth-order valence-electron chi connectivity index (χ4n) is 3.84. The third-order valence-electron chi connectivity index (χ3n) is 5.71. The average Bonchev–Trinajstić information content (AvgIpc) is 2.82. The molecule has 0 radical (unpaired) electrons. The first-order valence-corrected chi connectivity index (χ1v) is 10.9. The van der Waals surface area contributed by atoms with Gasteiger partial charge in [0, 0.05) is 23.3 Å². The molecule has 0 saturated carbocycles. The predicted molar refractivity (Wildman–Crippen MR) is 122 cm³/mol. The maximum absolute atomic E-state index is 15.1. The van der Waals surface area contributed by atoms with E-state index in [1.807, 2.05) is 24.5 Å². The molecule has 3 aromatic carbocycles. The van der Waals surface area contributed by atoms with Crippen molar-refractivity contribution in [1.29, 1.82) is 5.26 Å². The van der Waals surface area contributed by atoms with Gasteiger partial charge < -0.3 is 0 Å². The second kappa shape index (κ2) is 9.83. The van der Waals surface area contributed by atoms with Gasteiger partial charge >= 0.3 is 0 Å². The molecule has 1 aromatic heterocycles. The van der Waals surface area contributed by atoms with E-state index in [1.165, 1.54) is 6.07 Å². The van der Waals surface area contributed by atoms with Crippen LogP contribution in [0.2, 0.25) is 0 Å². The minimum Gasteiger partial charge on any atom is -0.236 e. The number of hydrogen-bond acceptors (Lipinski definition) is 3. The Bertz CT molecular complexity index is 1320. The Morgan fingerprint density at radius 1 is 0.848 bits per heavy atom. The number of aromatic nitrogens is 2. The number of benzene rings is 3. The van der Waals surface area contributed by atoms with Gasteiger partial charge in [0.2, 0.25) is 0 Å². The van der Waals surface area contributed by atoms with Crippen LogP contribution < -0.4 is 0 Å². The monoisotopic (exact) mass is 445 g/mol. The van der Waals surface area contributed by atoms with Crippen molar-refractivity contribution in [1.82, 2.24) is 9.97 Å². The number of nitriles is 1. The number of aryl methyl sites for hydroxylation is 3. The van der Waals surface area contributed by atoms with Crippen molar-refractivity contribution in [2.24, 2.45) is 0 Å². The molecular formula is C27H22F3N3. The van der Waals surface area contributed by atoms with Crippen molar-refractivity contribution < 1.29 is 13.2 Å². The Balaban J connectivity index is 1.54. The summed E-state index contributed by atoms with van der Waals surface area (Å²) in [5.41, 5.74) is 2.13. The number of hydrogen-bond donors (Lipinski definition) is 0. The van der Waals surface area contributed by atoms with Crippen LogP contribution in [0.15, 0.2) is 54.9 Å². The summed E-state index contributed by atoms with van der Waals surface area (Å²) in [5.74, 6) is -1.57. The van der Waals surface area contributed by atoms with Crippen LogP contribution in [0.25, 0.3) is 22.2 Å². The van der Waals surface area contributed by atoms with Crippen molar-refractivity contribution >= 4 is 10.8 Å². The number of halogens is 3. The highest BCUT2D eigenvalue weighted by molar-refractivity contribution is 5.87. The van der Waals surface area contributed by atoms with Crippen LogP contribution in [0.1, 0.15) is 42.0 Å². The maximum Gasteiger partial charge on any atom is 0.159 e. The van der Waals surface area contributed by atoms with E-state index in [-0.39, 0.29) is 18.7 Å². The van der Waals surface area contributed by atoms with Crippen LogP contribution in [0.5, 0.6) is 0 Å². The molecule has 4 aromatic rings. The zero-order chi connectivity index (χ0) is 23.4. The zero-order valence-corrected chi connectivity index (χ0v) is 18.2. The summed E-state index contributed by atoms with van der Waals surface area (Å²) in [7, 11) is 0. The van der Waals surface area contributed by atoms with Crippen molar-refractivity contribution in [2.45, 2.75) is 39.0 Å². The van der Waals surface area contributed by atoms with Gasteiger partial charge in [0.05, 0.1) is 0 Å². The fraction of sp³-hybridized carbons (Fsp3) is 0.222. The summed E-state index contributed by atoms with van der Waals surface area (Å²) < 4.78 is 42.8. The first-order chi connectivity index (χ1) is 16.0. The molecule has 3 nitrogen and oxygen atoms in total. The van der Waals surface area contributed by atoms with Crippen molar-refractivity contribution in [3.05, 3.63) is 94.6 Å². The van der Waals surface area contributed by atoms with Gasteiger partial charge in [-0.3, -0.25) is 0 Å². The summed E-state index contributed by atoms with van der Waals surface area (Å²) in [5, 5.41) is 9.97. The molecule has 0 amide bonds. The molecule has 6 heteroatoms. The van der Waals surface area contributed by atoms with E-state index in [9.17, 15) is 8.78 Å². The summed E-state index contributed by atoms with van der Waals surface area (Å²) in [6.45, 7) is 2.14.